The van der Waals surface area contributed by atoms with Crippen LogP contribution in [0.4, 0.5) is 4.39 Å². The molecule has 0 aliphatic rings. The zero-order valence-electron chi connectivity index (χ0n) is 11.1. The molecule has 0 saturated carbocycles. The van der Waals surface area contributed by atoms with Crippen molar-refractivity contribution in [2.75, 3.05) is 0 Å². The van der Waals surface area contributed by atoms with E-state index < -0.39 is 15.8 Å². The van der Waals surface area contributed by atoms with Gasteiger partial charge < -0.3 is 0 Å². The lowest BCUT2D eigenvalue weighted by atomic mass is 10.1. The first-order chi connectivity index (χ1) is 9.53. The van der Waals surface area contributed by atoms with Crippen LogP contribution in [0.15, 0.2) is 59.5 Å². The molecule has 0 bridgehead atoms. The van der Waals surface area contributed by atoms with E-state index in [4.69, 9.17) is 0 Å². The van der Waals surface area contributed by atoms with Crippen LogP contribution in [0, 0.1) is 5.82 Å². The summed E-state index contributed by atoms with van der Waals surface area (Å²) in [6.45, 7) is 1.91. The predicted molar refractivity (Wildman–Crippen MR) is 76.2 cm³/mol. The van der Waals surface area contributed by atoms with Crippen LogP contribution < -0.4 is 4.72 Å². The highest BCUT2D eigenvalue weighted by atomic mass is 32.2. The Labute approximate surface area is 118 Å². The highest BCUT2D eigenvalue weighted by Gasteiger charge is 2.19. The molecule has 0 aromatic heterocycles. The molecule has 2 aromatic rings. The van der Waals surface area contributed by atoms with Crippen LogP contribution >= 0.6 is 0 Å². The van der Waals surface area contributed by atoms with Gasteiger partial charge in [-0.15, -0.1) is 0 Å². The second-order valence-corrected chi connectivity index (χ2v) is 6.16. The summed E-state index contributed by atoms with van der Waals surface area (Å²) in [4.78, 5) is 0.0632. The van der Waals surface area contributed by atoms with Crippen molar-refractivity contribution in [2.24, 2.45) is 0 Å². The van der Waals surface area contributed by atoms with Gasteiger partial charge in [0, 0.05) is 6.04 Å². The molecule has 0 saturated heterocycles. The van der Waals surface area contributed by atoms with Gasteiger partial charge in [0.05, 0.1) is 4.90 Å². The number of hydrogen-bond donors (Lipinski definition) is 1. The standard InChI is InChI=1S/C15H16FNO2S/c1-2-15(12-6-4-3-5-7-12)17-20(18,19)14-10-8-13(16)9-11-14/h3-11,15,17H,2H2,1H3/t15-/m1/s1. The highest BCUT2D eigenvalue weighted by molar-refractivity contribution is 7.89. The number of sulfonamides is 1. The van der Waals surface area contributed by atoms with Crippen molar-refractivity contribution in [1.82, 2.24) is 4.72 Å². The molecule has 1 N–H and O–H groups in total. The zero-order valence-corrected chi connectivity index (χ0v) is 11.9. The van der Waals surface area contributed by atoms with Crippen LogP contribution in [0.2, 0.25) is 0 Å². The van der Waals surface area contributed by atoms with Gasteiger partial charge in [0.25, 0.3) is 0 Å². The molecular weight excluding hydrogens is 277 g/mol. The molecule has 2 rings (SSSR count). The Hall–Kier alpha value is -1.72. The van der Waals surface area contributed by atoms with Gasteiger partial charge in [0.15, 0.2) is 0 Å². The van der Waals surface area contributed by atoms with Crippen molar-refractivity contribution in [1.29, 1.82) is 0 Å². The molecule has 0 aliphatic heterocycles. The maximum Gasteiger partial charge on any atom is 0.241 e. The van der Waals surface area contributed by atoms with E-state index in [1.54, 1.807) is 0 Å². The van der Waals surface area contributed by atoms with Gasteiger partial charge in [-0.2, -0.15) is 0 Å². The van der Waals surface area contributed by atoms with Crippen molar-refractivity contribution in [3.63, 3.8) is 0 Å². The van der Waals surface area contributed by atoms with Crippen LogP contribution in [0.3, 0.4) is 0 Å². The number of benzene rings is 2. The SMILES string of the molecule is CC[C@@H](NS(=O)(=O)c1ccc(F)cc1)c1ccccc1. The summed E-state index contributed by atoms with van der Waals surface area (Å²) in [5.74, 6) is -0.459. The number of rotatable bonds is 5. The molecule has 0 fully saturated rings. The molecule has 1 atom stereocenters. The second-order valence-electron chi connectivity index (χ2n) is 4.45. The minimum absolute atomic E-state index is 0.0632. The summed E-state index contributed by atoms with van der Waals surface area (Å²) in [6.07, 6.45) is 0.629. The third-order valence-corrected chi connectivity index (χ3v) is 4.52. The molecule has 0 aliphatic carbocycles. The molecule has 5 heteroatoms. The molecule has 0 spiro atoms. The van der Waals surface area contributed by atoms with E-state index in [1.165, 1.54) is 12.1 Å². The zero-order chi connectivity index (χ0) is 14.6. The first-order valence-corrected chi connectivity index (χ1v) is 7.84. The Balaban J connectivity index is 2.24. The number of halogens is 1. The Morgan fingerprint density at radius 3 is 2.20 bits per heavy atom. The van der Waals surface area contributed by atoms with Crippen molar-refractivity contribution in [3.8, 4) is 0 Å². The summed E-state index contributed by atoms with van der Waals surface area (Å²) in [5, 5.41) is 0. The van der Waals surface area contributed by atoms with E-state index in [-0.39, 0.29) is 10.9 Å². The normalized spacial score (nSPS) is 13.1. The molecule has 0 unspecified atom stereocenters. The molecule has 106 valence electrons. The summed E-state index contributed by atoms with van der Waals surface area (Å²) >= 11 is 0. The highest BCUT2D eigenvalue weighted by Crippen LogP contribution is 2.20. The van der Waals surface area contributed by atoms with Crippen LogP contribution in [0.1, 0.15) is 24.9 Å². The van der Waals surface area contributed by atoms with Gasteiger partial charge in [-0.1, -0.05) is 37.3 Å². The van der Waals surface area contributed by atoms with Crippen molar-refractivity contribution >= 4 is 10.0 Å². The van der Waals surface area contributed by atoms with Crippen LogP contribution in [-0.4, -0.2) is 8.42 Å². The van der Waals surface area contributed by atoms with E-state index in [0.29, 0.717) is 6.42 Å². The predicted octanol–water partition coefficient (Wildman–Crippen LogP) is 3.26. The minimum Gasteiger partial charge on any atom is -0.207 e. The lowest BCUT2D eigenvalue weighted by Gasteiger charge is -2.17. The summed E-state index contributed by atoms with van der Waals surface area (Å²) in [5.41, 5.74) is 0.903. The largest absolute Gasteiger partial charge is 0.241 e. The van der Waals surface area contributed by atoms with Gasteiger partial charge in [0.1, 0.15) is 5.82 Å². The summed E-state index contributed by atoms with van der Waals surface area (Å²) in [7, 11) is -3.65. The molecule has 0 heterocycles. The summed E-state index contributed by atoms with van der Waals surface area (Å²) < 4.78 is 40.0. The Kier molecular flexibility index (Phi) is 4.52. The van der Waals surface area contributed by atoms with E-state index in [0.717, 1.165) is 17.7 Å². The maximum absolute atomic E-state index is 12.9. The minimum atomic E-state index is -3.65. The van der Waals surface area contributed by atoms with Crippen LogP contribution in [0.5, 0.6) is 0 Å². The number of hydrogen-bond acceptors (Lipinski definition) is 2. The molecule has 0 radical (unpaired) electrons. The molecule has 2 aromatic carbocycles. The average molecular weight is 293 g/mol. The second kappa shape index (κ2) is 6.15. The Morgan fingerprint density at radius 2 is 1.65 bits per heavy atom. The van der Waals surface area contributed by atoms with Crippen molar-refractivity contribution < 1.29 is 12.8 Å². The summed E-state index contributed by atoms with van der Waals surface area (Å²) in [6, 6.07) is 13.9. The fraction of sp³-hybridized carbons (Fsp3) is 0.200. The van der Waals surface area contributed by atoms with Gasteiger partial charge in [-0.05, 0) is 36.2 Å². The van der Waals surface area contributed by atoms with Gasteiger partial charge in [-0.3, -0.25) is 0 Å². The molecular formula is C15H16FNO2S. The third-order valence-electron chi connectivity index (χ3n) is 3.03. The topological polar surface area (TPSA) is 46.2 Å². The fourth-order valence-electron chi connectivity index (χ4n) is 1.94. The monoisotopic (exact) mass is 293 g/mol. The van der Waals surface area contributed by atoms with E-state index >= 15 is 0 Å². The quantitative estimate of drug-likeness (QED) is 0.919. The van der Waals surface area contributed by atoms with Gasteiger partial charge in [-0.25, -0.2) is 17.5 Å². The van der Waals surface area contributed by atoms with Gasteiger partial charge >= 0.3 is 0 Å². The van der Waals surface area contributed by atoms with Crippen LogP contribution in [0.25, 0.3) is 0 Å². The Bertz CT molecular complexity index is 654. The average Bonchev–Trinajstić information content (AvgIpc) is 2.46. The molecule has 0 amide bonds. The molecule has 20 heavy (non-hydrogen) atoms. The maximum atomic E-state index is 12.9. The third kappa shape index (κ3) is 3.43. The Morgan fingerprint density at radius 1 is 1.05 bits per heavy atom. The fourth-order valence-corrected chi connectivity index (χ4v) is 3.25. The lowest BCUT2D eigenvalue weighted by molar-refractivity contribution is 0.549. The van der Waals surface area contributed by atoms with Crippen molar-refractivity contribution in [2.45, 2.75) is 24.3 Å². The van der Waals surface area contributed by atoms with E-state index in [1.807, 2.05) is 37.3 Å². The smallest absolute Gasteiger partial charge is 0.207 e. The van der Waals surface area contributed by atoms with Gasteiger partial charge in [0.2, 0.25) is 10.0 Å². The van der Waals surface area contributed by atoms with E-state index in [2.05, 4.69) is 4.72 Å². The van der Waals surface area contributed by atoms with Crippen molar-refractivity contribution in [3.05, 3.63) is 66.0 Å². The van der Waals surface area contributed by atoms with Crippen LogP contribution in [-0.2, 0) is 10.0 Å². The first kappa shape index (κ1) is 14.7. The van der Waals surface area contributed by atoms with E-state index in [9.17, 15) is 12.8 Å². The molecule has 3 nitrogen and oxygen atoms in total. The number of nitrogens with one attached hydrogen (secondary N) is 1. The lowest BCUT2D eigenvalue weighted by Crippen LogP contribution is -2.28. The first-order valence-electron chi connectivity index (χ1n) is 6.36.